The highest BCUT2D eigenvalue weighted by Gasteiger charge is 2.21. The lowest BCUT2D eigenvalue weighted by molar-refractivity contribution is 0.717. The molecule has 0 saturated carbocycles. The molecule has 0 heterocycles. The first-order valence-electron chi connectivity index (χ1n) is 16.8. The Morgan fingerprint density at radius 2 is 0.958 bits per heavy atom. The van der Waals surface area contributed by atoms with Gasteiger partial charge in [-0.2, -0.15) is 0 Å². The Hall–Kier alpha value is -5.86. The third-order valence-corrected chi connectivity index (χ3v) is 8.87. The number of hydrogen-bond donors (Lipinski definition) is 0. The molecule has 48 heavy (non-hydrogen) atoms. The smallest absolute Gasteiger partial charge is 0.0556 e. The largest absolute Gasteiger partial charge is 0.338 e. The van der Waals surface area contributed by atoms with Crippen LogP contribution in [-0.4, -0.2) is 6.04 Å². The highest BCUT2D eigenvalue weighted by atomic mass is 15.2. The second kappa shape index (κ2) is 15.2. The minimum absolute atomic E-state index is 0.353. The van der Waals surface area contributed by atoms with E-state index in [-0.39, 0.29) is 0 Å². The predicted octanol–water partition coefficient (Wildman–Crippen LogP) is 12.3. The van der Waals surface area contributed by atoms with Crippen molar-refractivity contribution in [2.45, 2.75) is 25.3 Å². The molecule has 0 bridgehead atoms. The highest BCUT2D eigenvalue weighted by molar-refractivity contribution is 5.78. The van der Waals surface area contributed by atoms with Crippen LogP contribution in [0.15, 0.2) is 193 Å². The first kappa shape index (κ1) is 30.8. The number of benzene rings is 5. The summed E-state index contributed by atoms with van der Waals surface area (Å²) in [5, 5.41) is 0. The summed E-state index contributed by atoms with van der Waals surface area (Å²) in [4.78, 5) is 4.78. The van der Waals surface area contributed by atoms with Gasteiger partial charge in [-0.1, -0.05) is 146 Å². The van der Waals surface area contributed by atoms with Gasteiger partial charge < -0.3 is 9.80 Å². The standard InChI is InChI=1S/C46H40N2/c1-5-13-41(14-6-1)47(42-15-7-2-8-16-42)45-33-29-39(30-34-45)27-25-37-21-23-38(24-22-37)26-28-40-31-35-46(36-32-40)48(43-17-9-3-10-18-43)44-19-11-4-12-20-44/h1-19,21-31,33-35,44H,20,32,36H2/b27-25+,28-26+. The zero-order valence-corrected chi connectivity index (χ0v) is 27.1. The van der Waals surface area contributed by atoms with Gasteiger partial charge in [0.05, 0.1) is 6.04 Å². The van der Waals surface area contributed by atoms with Crippen LogP contribution >= 0.6 is 0 Å². The molecule has 0 saturated heterocycles. The Morgan fingerprint density at radius 3 is 1.46 bits per heavy atom. The number of rotatable bonds is 10. The lowest BCUT2D eigenvalue weighted by Crippen LogP contribution is -2.34. The van der Waals surface area contributed by atoms with E-state index in [4.69, 9.17) is 0 Å². The number of anilines is 4. The van der Waals surface area contributed by atoms with E-state index in [9.17, 15) is 0 Å². The Morgan fingerprint density at radius 1 is 0.458 bits per heavy atom. The number of nitrogens with zero attached hydrogens (tertiary/aromatic N) is 2. The number of para-hydroxylation sites is 3. The Labute approximate surface area is 285 Å². The average molecular weight is 621 g/mol. The summed E-state index contributed by atoms with van der Waals surface area (Å²) in [7, 11) is 0. The summed E-state index contributed by atoms with van der Waals surface area (Å²) >= 11 is 0. The third-order valence-electron chi connectivity index (χ3n) is 8.87. The lowest BCUT2D eigenvalue weighted by atomic mass is 9.97. The van der Waals surface area contributed by atoms with Crippen molar-refractivity contribution in [3.05, 3.63) is 210 Å². The van der Waals surface area contributed by atoms with Crippen LogP contribution < -0.4 is 9.80 Å². The van der Waals surface area contributed by atoms with Gasteiger partial charge in [0.1, 0.15) is 0 Å². The molecule has 0 radical (unpaired) electrons. The number of hydrogen-bond acceptors (Lipinski definition) is 2. The molecule has 0 amide bonds. The van der Waals surface area contributed by atoms with Crippen molar-refractivity contribution in [1.29, 1.82) is 0 Å². The molecule has 0 aromatic heterocycles. The average Bonchev–Trinajstić information content (AvgIpc) is 3.17. The van der Waals surface area contributed by atoms with Crippen LogP contribution in [-0.2, 0) is 0 Å². The van der Waals surface area contributed by atoms with E-state index in [1.165, 1.54) is 33.6 Å². The summed E-state index contributed by atoms with van der Waals surface area (Å²) in [6.07, 6.45) is 25.4. The molecule has 5 aromatic carbocycles. The third kappa shape index (κ3) is 7.57. The van der Waals surface area contributed by atoms with Gasteiger partial charge in [-0.05, 0) is 96.1 Å². The Kier molecular flexibility index (Phi) is 9.72. The predicted molar refractivity (Wildman–Crippen MR) is 207 cm³/mol. The highest BCUT2D eigenvalue weighted by Crippen LogP contribution is 2.35. The van der Waals surface area contributed by atoms with Crippen molar-refractivity contribution < 1.29 is 0 Å². The van der Waals surface area contributed by atoms with Gasteiger partial charge in [-0.25, -0.2) is 0 Å². The fraction of sp³-hybridized carbons (Fsp3) is 0.0870. The SMILES string of the molecule is C1=CCC(N(C2=CC=C(/C=C/c3ccc(/C=C/c4ccc(N(c5ccccc5)c5ccccc5)cc4)cc3)CC2)c2ccccc2)C=C1. The molecule has 5 aromatic rings. The molecule has 7 rings (SSSR count). The van der Waals surface area contributed by atoms with Crippen LogP contribution in [0.5, 0.6) is 0 Å². The van der Waals surface area contributed by atoms with Gasteiger partial charge in [-0.15, -0.1) is 0 Å². The normalized spacial score (nSPS) is 15.8. The summed E-state index contributed by atoms with van der Waals surface area (Å²) in [5.41, 5.74) is 11.0. The molecule has 0 fully saturated rings. The van der Waals surface area contributed by atoms with Crippen LogP contribution in [0.4, 0.5) is 22.7 Å². The van der Waals surface area contributed by atoms with Crippen LogP contribution in [0.1, 0.15) is 36.0 Å². The van der Waals surface area contributed by atoms with Gasteiger partial charge in [0.2, 0.25) is 0 Å². The van der Waals surface area contributed by atoms with Gasteiger partial charge in [0, 0.05) is 28.4 Å². The van der Waals surface area contributed by atoms with Crippen LogP contribution in [0.2, 0.25) is 0 Å². The number of allylic oxidation sites excluding steroid dienone is 7. The topological polar surface area (TPSA) is 6.48 Å². The van der Waals surface area contributed by atoms with Crippen LogP contribution in [0.3, 0.4) is 0 Å². The van der Waals surface area contributed by atoms with Crippen LogP contribution in [0.25, 0.3) is 18.2 Å². The Balaban J connectivity index is 0.998. The van der Waals surface area contributed by atoms with E-state index in [2.05, 4.69) is 210 Å². The molecule has 2 aliphatic carbocycles. The van der Waals surface area contributed by atoms with Crippen molar-refractivity contribution in [2.75, 3.05) is 9.80 Å². The summed E-state index contributed by atoms with van der Waals surface area (Å²) in [6.45, 7) is 0. The first-order chi connectivity index (χ1) is 23.8. The molecule has 1 atom stereocenters. The maximum Gasteiger partial charge on any atom is 0.0556 e. The molecule has 0 spiro atoms. The molecule has 0 N–H and O–H groups in total. The van der Waals surface area contributed by atoms with E-state index >= 15 is 0 Å². The van der Waals surface area contributed by atoms with Gasteiger partial charge in [0.15, 0.2) is 0 Å². The molecule has 2 heteroatoms. The zero-order chi connectivity index (χ0) is 32.4. The second-order valence-electron chi connectivity index (χ2n) is 12.2. The van der Waals surface area contributed by atoms with Gasteiger partial charge in [-0.3, -0.25) is 0 Å². The minimum atomic E-state index is 0.353. The van der Waals surface area contributed by atoms with E-state index in [1.807, 2.05) is 0 Å². The molecule has 0 aliphatic heterocycles. The molecule has 2 nitrogen and oxygen atoms in total. The van der Waals surface area contributed by atoms with Crippen LogP contribution in [0, 0.1) is 0 Å². The summed E-state index contributed by atoms with van der Waals surface area (Å²) in [5.74, 6) is 0. The van der Waals surface area contributed by atoms with Crippen molar-refractivity contribution in [3.8, 4) is 0 Å². The Bertz CT molecular complexity index is 1920. The van der Waals surface area contributed by atoms with E-state index in [1.54, 1.807) is 0 Å². The summed E-state index contributed by atoms with van der Waals surface area (Å²) in [6, 6.07) is 49.7. The van der Waals surface area contributed by atoms with E-state index in [0.29, 0.717) is 6.04 Å². The molecule has 2 aliphatic rings. The van der Waals surface area contributed by atoms with Gasteiger partial charge >= 0.3 is 0 Å². The lowest BCUT2D eigenvalue weighted by Gasteiger charge is -2.35. The zero-order valence-electron chi connectivity index (χ0n) is 27.1. The maximum absolute atomic E-state index is 2.50. The minimum Gasteiger partial charge on any atom is -0.338 e. The van der Waals surface area contributed by atoms with Crippen molar-refractivity contribution in [1.82, 2.24) is 0 Å². The van der Waals surface area contributed by atoms with Crippen molar-refractivity contribution in [2.24, 2.45) is 0 Å². The van der Waals surface area contributed by atoms with E-state index in [0.717, 1.165) is 36.3 Å². The molecular formula is C46H40N2. The first-order valence-corrected chi connectivity index (χ1v) is 16.8. The molecular weight excluding hydrogens is 581 g/mol. The fourth-order valence-corrected chi connectivity index (χ4v) is 6.35. The van der Waals surface area contributed by atoms with E-state index < -0.39 is 0 Å². The fourth-order valence-electron chi connectivity index (χ4n) is 6.35. The quantitative estimate of drug-likeness (QED) is 0.143. The van der Waals surface area contributed by atoms with Gasteiger partial charge in [0.25, 0.3) is 0 Å². The maximum atomic E-state index is 2.50. The molecule has 234 valence electrons. The summed E-state index contributed by atoms with van der Waals surface area (Å²) < 4.78 is 0. The van der Waals surface area contributed by atoms with Crippen molar-refractivity contribution in [3.63, 3.8) is 0 Å². The second-order valence-corrected chi connectivity index (χ2v) is 12.2. The monoisotopic (exact) mass is 620 g/mol. The van der Waals surface area contributed by atoms with Crippen molar-refractivity contribution >= 4 is 41.0 Å². The molecule has 1 unspecified atom stereocenters.